The zero-order valence-electron chi connectivity index (χ0n) is 13.3. The highest BCUT2D eigenvalue weighted by Crippen LogP contribution is 2.19. The van der Waals surface area contributed by atoms with Crippen LogP contribution >= 0.6 is 11.8 Å². The highest BCUT2D eigenvalue weighted by atomic mass is 32.2. The number of thioether (sulfide) groups is 1. The molecule has 0 aliphatic heterocycles. The fraction of sp³-hybridized carbons (Fsp3) is 0.167. The van der Waals surface area contributed by atoms with Gasteiger partial charge in [-0.05, 0) is 29.8 Å². The number of carbonyl (C=O) groups is 1. The lowest BCUT2D eigenvalue weighted by Gasteiger charge is -2.13. The number of hydrogen-bond donors (Lipinski definition) is 1. The van der Waals surface area contributed by atoms with Crippen molar-refractivity contribution in [2.45, 2.75) is 18.1 Å². The maximum Gasteiger partial charge on any atom is 0.262 e. The van der Waals surface area contributed by atoms with Gasteiger partial charge in [0.15, 0.2) is 5.16 Å². The molecule has 1 aromatic heterocycles. The summed E-state index contributed by atoms with van der Waals surface area (Å²) in [7, 11) is 0. The molecule has 25 heavy (non-hydrogen) atoms. The van der Waals surface area contributed by atoms with Crippen molar-refractivity contribution in [3.05, 3.63) is 70.3 Å². The summed E-state index contributed by atoms with van der Waals surface area (Å²) in [5, 5.41) is 1.03. The first kappa shape index (κ1) is 17.2. The number of halogens is 1. The molecule has 0 atom stereocenters. The molecule has 2 aromatic carbocycles. The van der Waals surface area contributed by atoms with Crippen molar-refractivity contribution >= 4 is 28.6 Å². The quantitative estimate of drug-likeness (QED) is 0.543. The molecule has 2 N–H and O–H groups in total. The normalized spacial score (nSPS) is 10.9. The molecule has 3 aromatic rings. The Balaban J connectivity index is 2.02. The molecule has 0 saturated carbocycles. The van der Waals surface area contributed by atoms with Gasteiger partial charge in [0.05, 0.1) is 17.4 Å². The molecule has 5 nitrogen and oxygen atoms in total. The van der Waals surface area contributed by atoms with E-state index in [-0.39, 0.29) is 24.3 Å². The second-order valence-corrected chi connectivity index (χ2v) is 6.56. The van der Waals surface area contributed by atoms with Crippen LogP contribution in [0, 0.1) is 5.82 Å². The minimum atomic E-state index is -0.402. The van der Waals surface area contributed by atoms with E-state index in [1.807, 2.05) is 6.07 Å². The van der Waals surface area contributed by atoms with E-state index in [4.69, 9.17) is 5.73 Å². The number of benzene rings is 2. The van der Waals surface area contributed by atoms with Crippen LogP contribution in [-0.4, -0.2) is 21.2 Å². The van der Waals surface area contributed by atoms with Crippen LogP contribution in [-0.2, 0) is 11.3 Å². The highest BCUT2D eigenvalue weighted by molar-refractivity contribution is 7.99. The molecule has 0 radical (unpaired) electrons. The van der Waals surface area contributed by atoms with Crippen LogP contribution in [0.1, 0.15) is 12.0 Å². The van der Waals surface area contributed by atoms with Crippen LogP contribution in [0.4, 0.5) is 4.39 Å². The number of fused-ring (bicyclic) bond motifs is 1. The van der Waals surface area contributed by atoms with Crippen LogP contribution < -0.4 is 11.3 Å². The first-order valence-electron chi connectivity index (χ1n) is 7.70. The number of para-hydroxylation sites is 1. The predicted octanol–water partition coefficient (Wildman–Crippen LogP) is 2.55. The van der Waals surface area contributed by atoms with Gasteiger partial charge < -0.3 is 5.73 Å². The van der Waals surface area contributed by atoms with E-state index in [0.717, 1.165) is 5.56 Å². The first-order valence-corrected chi connectivity index (χ1v) is 8.68. The standard InChI is InChI=1S/C18H16FN3O2S/c19-13-7-5-12(6-8-13)11-22-17(24)14-3-1-2-4-15(14)21-18(22)25-10-9-16(20)23/h1-8H,9-11H2,(H2,20,23). The fourth-order valence-electron chi connectivity index (χ4n) is 2.41. The number of primary amides is 1. The van der Waals surface area contributed by atoms with Crippen molar-refractivity contribution in [3.8, 4) is 0 Å². The zero-order chi connectivity index (χ0) is 17.8. The summed E-state index contributed by atoms with van der Waals surface area (Å²) in [6.45, 7) is 0.274. The minimum Gasteiger partial charge on any atom is -0.370 e. The Bertz CT molecular complexity index is 970. The molecule has 128 valence electrons. The number of aromatic nitrogens is 2. The predicted molar refractivity (Wildman–Crippen MR) is 96.0 cm³/mol. The van der Waals surface area contributed by atoms with Crippen molar-refractivity contribution < 1.29 is 9.18 Å². The molecule has 7 heteroatoms. The van der Waals surface area contributed by atoms with E-state index < -0.39 is 5.91 Å². The number of rotatable bonds is 6. The second-order valence-electron chi connectivity index (χ2n) is 5.49. The Morgan fingerprint density at radius 1 is 1.16 bits per heavy atom. The molecule has 0 fully saturated rings. The zero-order valence-corrected chi connectivity index (χ0v) is 14.1. The van der Waals surface area contributed by atoms with Gasteiger partial charge in [0.25, 0.3) is 5.56 Å². The molecule has 3 rings (SSSR count). The highest BCUT2D eigenvalue weighted by Gasteiger charge is 2.12. The van der Waals surface area contributed by atoms with E-state index in [1.165, 1.54) is 23.9 Å². The van der Waals surface area contributed by atoms with Crippen LogP contribution in [0.3, 0.4) is 0 Å². The van der Waals surface area contributed by atoms with E-state index in [9.17, 15) is 14.0 Å². The topological polar surface area (TPSA) is 78.0 Å². The van der Waals surface area contributed by atoms with Crippen molar-refractivity contribution in [3.63, 3.8) is 0 Å². The van der Waals surface area contributed by atoms with Gasteiger partial charge >= 0.3 is 0 Å². The number of nitrogens with two attached hydrogens (primary N) is 1. The van der Waals surface area contributed by atoms with E-state index >= 15 is 0 Å². The minimum absolute atomic E-state index is 0.170. The van der Waals surface area contributed by atoms with E-state index in [0.29, 0.717) is 21.8 Å². The fourth-order valence-corrected chi connectivity index (χ4v) is 3.36. The largest absolute Gasteiger partial charge is 0.370 e. The van der Waals surface area contributed by atoms with Gasteiger partial charge in [-0.2, -0.15) is 0 Å². The Hall–Kier alpha value is -2.67. The van der Waals surface area contributed by atoms with Crippen LogP contribution in [0.2, 0.25) is 0 Å². The van der Waals surface area contributed by atoms with Crippen LogP contribution in [0.15, 0.2) is 58.5 Å². The Morgan fingerprint density at radius 2 is 1.88 bits per heavy atom. The summed E-state index contributed by atoms with van der Waals surface area (Å²) in [5.74, 6) is -0.298. The number of amides is 1. The molecule has 0 aliphatic rings. The van der Waals surface area contributed by atoms with Gasteiger partial charge in [-0.3, -0.25) is 14.2 Å². The summed E-state index contributed by atoms with van der Waals surface area (Å²) >= 11 is 1.30. The van der Waals surface area contributed by atoms with E-state index in [1.54, 1.807) is 34.9 Å². The van der Waals surface area contributed by atoms with E-state index in [2.05, 4.69) is 4.98 Å². The van der Waals surface area contributed by atoms with Gasteiger partial charge in [-0.1, -0.05) is 36.0 Å². The average Bonchev–Trinajstić information content (AvgIpc) is 2.59. The third kappa shape index (κ3) is 4.06. The molecular weight excluding hydrogens is 341 g/mol. The molecular formula is C18H16FN3O2S. The molecule has 0 aliphatic carbocycles. The Labute approximate surface area is 147 Å². The summed E-state index contributed by atoms with van der Waals surface area (Å²) in [4.78, 5) is 28.4. The lowest BCUT2D eigenvalue weighted by molar-refractivity contribution is -0.117. The third-order valence-electron chi connectivity index (χ3n) is 3.66. The van der Waals surface area contributed by atoms with Crippen molar-refractivity contribution in [1.82, 2.24) is 9.55 Å². The molecule has 0 bridgehead atoms. The Kier molecular flexibility index (Phi) is 5.14. The molecule has 1 heterocycles. The maximum atomic E-state index is 13.1. The summed E-state index contributed by atoms with van der Waals surface area (Å²) < 4.78 is 14.6. The monoisotopic (exact) mass is 357 g/mol. The van der Waals surface area contributed by atoms with Gasteiger partial charge in [0.2, 0.25) is 5.91 Å². The van der Waals surface area contributed by atoms with Gasteiger partial charge in [-0.15, -0.1) is 0 Å². The van der Waals surface area contributed by atoms with Crippen LogP contribution in [0.5, 0.6) is 0 Å². The van der Waals surface area contributed by atoms with Crippen molar-refractivity contribution in [1.29, 1.82) is 0 Å². The van der Waals surface area contributed by atoms with Crippen LogP contribution in [0.25, 0.3) is 10.9 Å². The lowest BCUT2D eigenvalue weighted by atomic mass is 10.2. The Morgan fingerprint density at radius 3 is 2.60 bits per heavy atom. The number of nitrogens with zero attached hydrogens (tertiary/aromatic N) is 2. The number of hydrogen-bond acceptors (Lipinski definition) is 4. The van der Waals surface area contributed by atoms with Crippen molar-refractivity contribution in [2.75, 3.05) is 5.75 Å². The summed E-state index contributed by atoms with van der Waals surface area (Å²) in [5.41, 5.74) is 6.40. The molecule has 0 spiro atoms. The van der Waals surface area contributed by atoms with Crippen molar-refractivity contribution in [2.24, 2.45) is 5.73 Å². The smallest absolute Gasteiger partial charge is 0.262 e. The SMILES string of the molecule is NC(=O)CCSc1nc2ccccc2c(=O)n1Cc1ccc(F)cc1. The molecule has 0 saturated heterocycles. The number of carbonyl (C=O) groups excluding carboxylic acids is 1. The first-order chi connectivity index (χ1) is 12.0. The van der Waals surface area contributed by atoms with Gasteiger partial charge in [0.1, 0.15) is 5.82 Å². The summed E-state index contributed by atoms with van der Waals surface area (Å²) in [6, 6.07) is 13.1. The maximum absolute atomic E-state index is 13.1. The molecule has 1 amide bonds. The average molecular weight is 357 g/mol. The third-order valence-corrected chi connectivity index (χ3v) is 4.64. The summed E-state index contributed by atoms with van der Waals surface area (Å²) in [6.07, 6.45) is 0.198. The second kappa shape index (κ2) is 7.48. The van der Waals surface area contributed by atoms with Gasteiger partial charge in [-0.25, -0.2) is 9.37 Å². The molecule has 0 unspecified atom stereocenters. The lowest BCUT2D eigenvalue weighted by Crippen LogP contribution is -2.24. The van der Waals surface area contributed by atoms with Gasteiger partial charge in [0, 0.05) is 12.2 Å².